The molecule has 6 heteroatoms. The SMILES string of the molecule is O=C(O)c1ccncc1NCC1CCOc2cc(C3CCOCC3)ccc21. The number of ether oxygens (including phenoxy) is 2. The quantitative estimate of drug-likeness (QED) is 0.838. The number of nitrogens with zero attached hydrogens (tertiary/aromatic N) is 1. The number of anilines is 1. The summed E-state index contributed by atoms with van der Waals surface area (Å²) in [6, 6.07) is 8.09. The molecule has 0 amide bonds. The summed E-state index contributed by atoms with van der Waals surface area (Å²) in [7, 11) is 0. The topological polar surface area (TPSA) is 80.7 Å². The van der Waals surface area contributed by atoms with Gasteiger partial charge in [0.25, 0.3) is 0 Å². The second kappa shape index (κ2) is 7.96. The lowest BCUT2D eigenvalue weighted by Gasteiger charge is -2.29. The molecule has 27 heavy (non-hydrogen) atoms. The van der Waals surface area contributed by atoms with E-state index in [9.17, 15) is 9.90 Å². The van der Waals surface area contributed by atoms with Crippen molar-refractivity contribution in [1.82, 2.24) is 4.98 Å². The van der Waals surface area contributed by atoms with Crippen molar-refractivity contribution in [3.8, 4) is 5.75 Å². The number of aromatic carboxylic acids is 1. The van der Waals surface area contributed by atoms with Crippen LogP contribution in [-0.2, 0) is 4.74 Å². The molecule has 0 saturated carbocycles. The molecule has 2 aliphatic heterocycles. The molecule has 1 saturated heterocycles. The Kier molecular flexibility index (Phi) is 5.25. The van der Waals surface area contributed by atoms with Crippen molar-refractivity contribution >= 4 is 11.7 Å². The molecule has 2 aromatic rings. The standard InChI is InChI=1S/C21H24N2O4/c24-21(25)18-3-7-22-13-19(18)23-12-16-6-10-27-20-11-15(1-2-17(16)20)14-4-8-26-9-5-14/h1-3,7,11,13-14,16,23H,4-6,8-10,12H2,(H,24,25). The van der Waals surface area contributed by atoms with E-state index >= 15 is 0 Å². The molecule has 2 N–H and O–H groups in total. The Balaban J connectivity index is 1.49. The van der Waals surface area contributed by atoms with Crippen LogP contribution in [0.15, 0.2) is 36.7 Å². The van der Waals surface area contributed by atoms with Crippen molar-refractivity contribution < 1.29 is 19.4 Å². The van der Waals surface area contributed by atoms with Gasteiger partial charge in [0.1, 0.15) is 5.75 Å². The first kappa shape index (κ1) is 17.8. The lowest BCUT2D eigenvalue weighted by molar-refractivity contribution is 0.0697. The Morgan fingerprint density at radius 1 is 1.19 bits per heavy atom. The molecule has 2 aliphatic rings. The third-order valence-corrected chi connectivity index (χ3v) is 5.48. The average Bonchev–Trinajstić information content (AvgIpc) is 2.72. The molecule has 0 spiro atoms. The maximum Gasteiger partial charge on any atom is 0.337 e. The Bertz CT molecular complexity index is 818. The van der Waals surface area contributed by atoms with Crippen LogP contribution in [0.5, 0.6) is 5.75 Å². The van der Waals surface area contributed by atoms with E-state index in [-0.39, 0.29) is 11.5 Å². The lowest BCUT2D eigenvalue weighted by atomic mass is 9.87. The van der Waals surface area contributed by atoms with Gasteiger partial charge in [-0.25, -0.2) is 4.79 Å². The molecule has 1 atom stereocenters. The van der Waals surface area contributed by atoms with Crippen LogP contribution >= 0.6 is 0 Å². The highest BCUT2D eigenvalue weighted by atomic mass is 16.5. The molecule has 0 aliphatic carbocycles. The summed E-state index contributed by atoms with van der Waals surface area (Å²) in [5.41, 5.74) is 3.31. The van der Waals surface area contributed by atoms with Gasteiger partial charge in [-0.1, -0.05) is 12.1 Å². The van der Waals surface area contributed by atoms with E-state index in [2.05, 4.69) is 28.5 Å². The minimum atomic E-state index is -0.951. The second-order valence-corrected chi connectivity index (χ2v) is 7.13. The molecule has 6 nitrogen and oxygen atoms in total. The smallest absolute Gasteiger partial charge is 0.337 e. The average molecular weight is 368 g/mol. The van der Waals surface area contributed by atoms with E-state index in [4.69, 9.17) is 9.47 Å². The third-order valence-electron chi connectivity index (χ3n) is 5.48. The van der Waals surface area contributed by atoms with Crippen molar-refractivity contribution in [2.24, 2.45) is 0 Å². The molecule has 1 aromatic heterocycles. The monoisotopic (exact) mass is 368 g/mol. The van der Waals surface area contributed by atoms with Gasteiger partial charge in [-0.2, -0.15) is 0 Å². The first-order valence-corrected chi connectivity index (χ1v) is 9.48. The number of hydrogen-bond donors (Lipinski definition) is 2. The van der Waals surface area contributed by atoms with Crippen molar-refractivity contribution in [3.63, 3.8) is 0 Å². The highest BCUT2D eigenvalue weighted by Gasteiger charge is 2.24. The summed E-state index contributed by atoms with van der Waals surface area (Å²) in [5.74, 6) is 0.828. The van der Waals surface area contributed by atoms with Gasteiger partial charge in [-0.15, -0.1) is 0 Å². The van der Waals surface area contributed by atoms with Crippen molar-refractivity contribution in [1.29, 1.82) is 0 Å². The Morgan fingerprint density at radius 2 is 2.04 bits per heavy atom. The van der Waals surface area contributed by atoms with E-state index in [0.717, 1.165) is 38.2 Å². The Labute approximate surface area is 158 Å². The molecule has 142 valence electrons. The zero-order valence-corrected chi connectivity index (χ0v) is 15.2. The number of carboxylic acids is 1. The Hall–Kier alpha value is -2.60. The fourth-order valence-electron chi connectivity index (χ4n) is 3.93. The molecule has 4 rings (SSSR count). The maximum absolute atomic E-state index is 11.4. The number of nitrogens with one attached hydrogen (secondary N) is 1. The fraction of sp³-hybridized carbons (Fsp3) is 0.429. The summed E-state index contributed by atoms with van der Waals surface area (Å²) in [4.78, 5) is 15.4. The van der Waals surface area contributed by atoms with Gasteiger partial charge in [-0.05, 0) is 48.4 Å². The van der Waals surface area contributed by atoms with Crippen LogP contribution in [0.25, 0.3) is 0 Å². The molecule has 0 bridgehead atoms. The van der Waals surface area contributed by atoms with Gasteiger partial charge >= 0.3 is 5.97 Å². The first-order chi connectivity index (χ1) is 13.2. The number of benzene rings is 1. The van der Waals surface area contributed by atoms with Crippen LogP contribution in [0.2, 0.25) is 0 Å². The first-order valence-electron chi connectivity index (χ1n) is 9.48. The van der Waals surface area contributed by atoms with Crippen LogP contribution in [0, 0.1) is 0 Å². The van der Waals surface area contributed by atoms with Gasteiger partial charge < -0.3 is 19.9 Å². The summed E-state index contributed by atoms with van der Waals surface area (Å²) in [5, 5.41) is 12.6. The summed E-state index contributed by atoms with van der Waals surface area (Å²) in [6.07, 6.45) is 6.08. The third kappa shape index (κ3) is 3.90. The van der Waals surface area contributed by atoms with Crippen molar-refractivity contribution in [2.45, 2.75) is 31.1 Å². The largest absolute Gasteiger partial charge is 0.493 e. The van der Waals surface area contributed by atoms with Gasteiger partial charge in [0, 0.05) is 31.9 Å². The number of hydrogen-bond acceptors (Lipinski definition) is 5. The molecule has 1 unspecified atom stereocenters. The number of carbonyl (C=O) groups is 1. The van der Waals surface area contributed by atoms with Gasteiger partial charge in [0.15, 0.2) is 0 Å². The molecular formula is C21H24N2O4. The number of fused-ring (bicyclic) bond motifs is 1. The molecular weight excluding hydrogens is 344 g/mol. The maximum atomic E-state index is 11.4. The van der Waals surface area contributed by atoms with E-state index in [0.29, 0.717) is 24.8 Å². The minimum absolute atomic E-state index is 0.243. The van der Waals surface area contributed by atoms with E-state index in [1.54, 1.807) is 6.20 Å². The van der Waals surface area contributed by atoms with Gasteiger partial charge in [-0.3, -0.25) is 4.98 Å². The van der Waals surface area contributed by atoms with E-state index < -0.39 is 5.97 Å². The molecule has 3 heterocycles. The number of aromatic nitrogens is 1. The summed E-state index contributed by atoms with van der Waals surface area (Å²) in [6.45, 7) is 2.98. The lowest BCUT2D eigenvalue weighted by Crippen LogP contribution is -2.22. The summed E-state index contributed by atoms with van der Waals surface area (Å²) < 4.78 is 11.4. The zero-order valence-electron chi connectivity index (χ0n) is 15.2. The van der Waals surface area contributed by atoms with Crippen LogP contribution in [0.3, 0.4) is 0 Å². The molecule has 1 fully saturated rings. The highest BCUT2D eigenvalue weighted by molar-refractivity contribution is 5.93. The van der Waals surface area contributed by atoms with Crippen molar-refractivity contribution in [3.05, 3.63) is 53.3 Å². The predicted molar refractivity (Wildman–Crippen MR) is 102 cm³/mol. The number of rotatable bonds is 5. The van der Waals surface area contributed by atoms with Crippen LogP contribution in [-0.4, -0.2) is 42.4 Å². The van der Waals surface area contributed by atoms with E-state index in [1.165, 1.54) is 23.4 Å². The second-order valence-electron chi connectivity index (χ2n) is 7.13. The van der Waals surface area contributed by atoms with Crippen LogP contribution < -0.4 is 10.1 Å². The summed E-state index contributed by atoms with van der Waals surface area (Å²) >= 11 is 0. The highest BCUT2D eigenvalue weighted by Crippen LogP contribution is 2.38. The van der Waals surface area contributed by atoms with E-state index in [1.807, 2.05) is 0 Å². The number of pyridine rings is 1. The predicted octanol–water partition coefficient (Wildman–Crippen LogP) is 3.65. The van der Waals surface area contributed by atoms with Crippen molar-refractivity contribution in [2.75, 3.05) is 31.7 Å². The Morgan fingerprint density at radius 3 is 2.85 bits per heavy atom. The van der Waals surface area contributed by atoms with Gasteiger partial charge in [0.05, 0.1) is 24.1 Å². The molecule has 1 aromatic carbocycles. The number of carboxylic acid groups (broad SMARTS) is 1. The minimum Gasteiger partial charge on any atom is -0.493 e. The zero-order chi connectivity index (χ0) is 18.6. The van der Waals surface area contributed by atoms with Gasteiger partial charge in [0.2, 0.25) is 0 Å². The fourth-order valence-corrected chi connectivity index (χ4v) is 3.93. The molecule has 0 radical (unpaired) electrons. The van der Waals surface area contributed by atoms with Crippen LogP contribution in [0.4, 0.5) is 5.69 Å². The van der Waals surface area contributed by atoms with Crippen LogP contribution in [0.1, 0.15) is 52.6 Å². The normalized spacial score (nSPS) is 19.8.